The van der Waals surface area contributed by atoms with Crippen molar-refractivity contribution in [2.75, 3.05) is 14.1 Å². The Balaban J connectivity index is 1.77. The number of barbiturate groups is 1. The molecule has 0 aromatic heterocycles. The minimum atomic E-state index is -0.668. The van der Waals surface area contributed by atoms with Crippen molar-refractivity contribution in [3.05, 3.63) is 82.9 Å². The fraction of sp³-hybridized carbons (Fsp3) is 0.148. The van der Waals surface area contributed by atoms with E-state index in [9.17, 15) is 19.5 Å². The second-order valence-electron chi connectivity index (χ2n) is 8.55. The largest absolute Gasteiger partial charge is 0.508 e. The molecule has 6 heteroatoms. The normalized spacial score (nSPS) is 16.5. The van der Waals surface area contributed by atoms with Crippen molar-refractivity contribution in [3.63, 3.8) is 0 Å². The Hall–Kier alpha value is -4.19. The van der Waals surface area contributed by atoms with E-state index in [1.165, 1.54) is 14.1 Å². The van der Waals surface area contributed by atoms with Crippen LogP contribution in [-0.4, -0.2) is 46.8 Å². The Labute approximate surface area is 191 Å². The number of carbonyl (C=O) groups excluding carboxylic acids is 3. The van der Waals surface area contributed by atoms with Crippen molar-refractivity contribution >= 4 is 34.2 Å². The van der Waals surface area contributed by atoms with Gasteiger partial charge in [-0.3, -0.25) is 19.4 Å². The molecule has 0 unspecified atom stereocenters. The second kappa shape index (κ2) is 7.45. The summed E-state index contributed by atoms with van der Waals surface area (Å²) < 4.78 is 0. The van der Waals surface area contributed by atoms with Crippen LogP contribution in [0.15, 0.2) is 71.8 Å². The van der Waals surface area contributed by atoms with E-state index >= 15 is 0 Å². The smallest absolute Gasteiger partial charge is 0.333 e. The van der Waals surface area contributed by atoms with Crippen LogP contribution in [0.25, 0.3) is 27.5 Å². The standard InChI is InChI=1S/C27H22N2O4/c1-15-10-21-20(18-9-8-16-6-4-5-7-17(16)12-18)13-19(30)14-22(21)23(11-15)24-25(31)28(2)27(33)29(3)26(24)32/h4-9,11-14,30H,10H2,1-3H3. The average molecular weight is 438 g/mol. The van der Waals surface area contributed by atoms with E-state index in [-0.39, 0.29) is 11.3 Å². The summed E-state index contributed by atoms with van der Waals surface area (Å²) in [5.74, 6) is -1.26. The van der Waals surface area contributed by atoms with E-state index in [2.05, 4.69) is 6.07 Å². The molecule has 3 aromatic carbocycles. The number of phenols is 1. The number of aromatic hydroxyl groups is 1. The van der Waals surface area contributed by atoms with Gasteiger partial charge in [0.2, 0.25) is 0 Å². The number of hydrogen-bond acceptors (Lipinski definition) is 4. The third-order valence-electron chi connectivity index (χ3n) is 6.31. The number of urea groups is 1. The molecular formula is C27H22N2O4. The van der Waals surface area contributed by atoms with Gasteiger partial charge in [0.1, 0.15) is 11.3 Å². The first-order valence-corrected chi connectivity index (χ1v) is 10.6. The molecule has 0 radical (unpaired) electrons. The zero-order valence-electron chi connectivity index (χ0n) is 18.5. The van der Waals surface area contributed by atoms with E-state index in [0.29, 0.717) is 17.6 Å². The Morgan fingerprint density at radius 3 is 2.15 bits per heavy atom. The van der Waals surface area contributed by atoms with Crippen LogP contribution in [0, 0.1) is 0 Å². The molecular weight excluding hydrogens is 416 g/mol. The molecule has 1 aliphatic carbocycles. The summed E-state index contributed by atoms with van der Waals surface area (Å²) in [6.07, 6.45) is 2.41. The van der Waals surface area contributed by atoms with Gasteiger partial charge in [0, 0.05) is 19.7 Å². The predicted molar refractivity (Wildman–Crippen MR) is 126 cm³/mol. The van der Waals surface area contributed by atoms with Gasteiger partial charge in [-0.25, -0.2) is 4.79 Å². The molecule has 1 heterocycles. The third-order valence-corrected chi connectivity index (χ3v) is 6.31. The Morgan fingerprint density at radius 2 is 1.45 bits per heavy atom. The predicted octanol–water partition coefficient (Wildman–Crippen LogP) is 4.52. The highest BCUT2D eigenvalue weighted by molar-refractivity contribution is 6.32. The number of phenolic OH excluding ortho intramolecular Hbond substituents is 1. The lowest BCUT2D eigenvalue weighted by molar-refractivity contribution is -0.134. The van der Waals surface area contributed by atoms with Crippen molar-refractivity contribution in [3.8, 4) is 16.9 Å². The maximum Gasteiger partial charge on any atom is 0.333 e. The van der Waals surface area contributed by atoms with Gasteiger partial charge in [-0.15, -0.1) is 0 Å². The molecule has 33 heavy (non-hydrogen) atoms. The summed E-state index contributed by atoms with van der Waals surface area (Å²) >= 11 is 0. The molecule has 1 saturated heterocycles. The molecule has 1 fully saturated rings. The van der Waals surface area contributed by atoms with Crippen molar-refractivity contribution in [1.29, 1.82) is 0 Å². The summed E-state index contributed by atoms with van der Waals surface area (Å²) in [4.78, 5) is 40.1. The van der Waals surface area contributed by atoms with Crippen LogP contribution in [0.5, 0.6) is 5.75 Å². The van der Waals surface area contributed by atoms with Gasteiger partial charge in [0.05, 0.1) is 0 Å². The second-order valence-corrected chi connectivity index (χ2v) is 8.55. The lowest BCUT2D eigenvalue weighted by Gasteiger charge is -2.31. The van der Waals surface area contributed by atoms with Crippen molar-refractivity contribution in [1.82, 2.24) is 9.80 Å². The van der Waals surface area contributed by atoms with Crippen molar-refractivity contribution < 1.29 is 19.5 Å². The number of likely N-dealkylation sites (N-methyl/N-ethyl adjacent to an activating group) is 2. The van der Waals surface area contributed by atoms with Crippen LogP contribution in [0.2, 0.25) is 0 Å². The molecule has 1 N–H and O–H groups in total. The Morgan fingerprint density at radius 1 is 0.818 bits per heavy atom. The zero-order valence-corrected chi connectivity index (χ0v) is 18.5. The van der Waals surface area contributed by atoms with Crippen LogP contribution in [-0.2, 0) is 16.0 Å². The van der Waals surface area contributed by atoms with Gasteiger partial charge in [-0.05, 0) is 64.6 Å². The van der Waals surface area contributed by atoms with Crippen LogP contribution < -0.4 is 0 Å². The number of imide groups is 2. The SMILES string of the molecule is CC1=CC(=C2C(=O)N(C)C(=O)N(C)C2=O)c2cc(O)cc(-c3ccc4ccccc4c3)c2C1. The van der Waals surface area contributed by atoms with Gasteiger partial charge in [-0.1, -0.05) is 48.0 Å². The molecule has 5 rings (SSSR count). The number of hydrogen-bond donors (Lipinski definition) is 1. The summed E-state index contributed by atoms with van der Waals surface area (Å²) in [7, 11) is 2.72. The Bertz CT molecular complexity index is 1420. The van der Waals surface area contributed by atoms with E-state index in [1.807, 2.05) is 43.3 Å². The fourth-order valence-electron chi connectivity index (χ4n) is 4.62. The zero-order chi connectivity index (χ0) is 23.4. The average Bonchev–Trinajstić information content (AvgIpc) is 2.81. The number of benzene rings is 3. The molecule has 0 saturated carbocycles. The van der Waals surface area contributed by atoms with Gasteiger partial charge >= 0.3 is 6.03 Å². The maximum atomic E-state index is 13.0. The topological polar surface area (TPSA) is 77.9 Å². The van der Waals surface area contributed by atoms with Gasteiger partial charge in [0.15, 0.2) is 0 Å². The van der Waals surface area contributed by atoms with Crippen LogP contribution >= 0.6 is 0 Å². The molecule has 4 amide bonds. The maximum absolute atomic E-state index is 13.0. The third kappa shape index (κ3) is 3.22. The van der Waals surface area contributed by atoms with Crippen molar-refractivity contribution in [2.24, 2.45) is 0 Å². The fourth-order valence-corrected chi connectivity index (χ4v) is 4.62. The first-order chi connectivity index (χ1) is 15.8. The van der Waals surface area contributed by atoms with Crippen LogP contribution in [0.1, 0.15) is 18.1 Å². The highest BCUT2D eigenvalue weighted by Crippen LogP contribution is 2.41. The highest BCUT2D eigenvalue weighted by Gasteiger charge is 2.40. The molecule has 0 atom stereocenters. The Kier molecular flexibility index (Phi) is 4.67. The molecule has 6 nitrogen and oxygen atoms in total. The number of amides is 4. The molecule has 1 aliphatic heterocycles. The van der Waals surface area contributed by atoms with E-state index in [1.54, 1.807) is 18.2 Å². The lowest BCUT2D eigenvalue weighted by atomic mass is 9.81. The minimum absolute atomic E-state index is 0.0384. The number of nitrogens with zero attached hydrogens (tertiary/aromatic N) is 2. The number of rotatable bonds is 1. The summed E-state index contributed by atoms with van der Waals surface area (Å²) in [5, 5.41) is 12.8. The molecule has 164 valence electrons. The molecule has 0 spiro atoms. The van der Waals surface area contributed by atoms with E-state index in [4.69, 9.17) is 0 Å². The minimum Gasteiger partial charge on any atom is -0.508 e. The van der Waals surface area contributed by atoms with E-state index in [0.717, 1.165) is 42.8 Å². The molecule has 2 aliphatic rings. The number of fused-ring (bicyclic) bond motifs is 2. The molecule has 0 bridgehead atoms. The van der Waals surface area contributed by atoms with Gasteiger partial charge < -0.3 is 5.11 Å². The van der Waals surface area contributed by atoms with E-state index < -0.39 is 17.8 Å². The lowest BCUT2D eigenvalue weighted by Crippen LogP contribution is -2.53. The summed E-state index contributed by atoms with van der Waals surface area (Å²) in [5.41, 5.74) is 4.65. The van der Waals surface area contributed by atoms with Crippen LogP contribution in [0.4, 0.5) is 4.79 Å². The molecule has 3 aromatic rings. The number of carbonyl (C=O) groups is 3. The summed E-state index contributed by atoms with van der Waals surface area (Å²) in [6, 6.07) is 16.8. The van der Waals surface area contributed by atoms with Crippen LogP contribution in [0.3, 0.4) is 0 Å². The van der Waals surface area contributed by atoms with Gasteiger partial charge in [-0.2, -0.15) is 0 Å². The number of allylic oxidation sites excluding steroid dienone is 3. The van der Waals surface area contributed by atoms with Crippen molar-refractivity contribution in [2.45, 2.75) is 13.3 Å². The quantitative estimate of drug-likeness (QED) is 0.448. The summed E-state index contributed by atoms with van der Waals surface area (Å²) in [6.45, 7) is 1.94. The monoisotopic (exact) mass is 438 g/mol. The first kappa shape index (κ1) is 20.7. The van der Waals surface area contributed by atoms with Gasteiger partial charge in [0.25, 0.3) is 11.8 Å². The first-order valence-electron chi connectivity index (χ1n) is 10.6. The highest BCUT2D eigenvalue weighted by atomic mass is 16.3.